The average Bonchev–Trinajstić information content (AvgIpc) is 3.03. The van der Waals surface area contributed by atoms with Gasteiger partial charge in [-0.15, -0.1) is 0 Å². The Morgan fingerprint density at radius 1 is 0.260 bits per heavy atom. The van der Waals surface area contributed by atoms with Gasteiger partial charge in [0.1, 0.15) is 0 Å². The van der Waals surface area contributed by atoms with Crippen LogP contribution >= 0.6 is 0 Å². The van der Waals surface area contributed by atoms with Crippen molar-refractivity contribution in [1.82, 2.24) is 0 Å². The molecule has 50 heavy (non-hydrogen) atoms. The van der Waals surface area contributed by atoms with Gasteiger partial charge in [0.2, 0.25) is 0 Å². The van der Waals surface area contributed by atoms with Crippen LogP contribution < -0.4 is 20.4 Å². The molecule has 0 fully saturated rings. The van der Waals surface area contributed by atoms with E-state index in [2.05, 4.69) is 27.7 Å². The molecule has 0 saturated heterocycles. The fraction of sp³-hybridized carbons (Fsp3) is 0.900. The Morgan fingerprint density at radius 2 is 0.380 bits per heavy atom. The number of carboxylic acids is 4. The molecule has 0 N–H and O–H groups in total. The molecule has 0 bridgehead atoms. The van der Waals surface area contributed by atoms with Crippen LogP contribution in [0.25, 0.3) is 0 Å². The molecule has 0 amide bonds. The Bertz CT molecular complexity index is 566. The van der Waals surface area contributed by atoms with Crippen LogP contribution in [-0.2, 0) is 19.2 Å². The second-order valence-corrected chi connectivity index (χ2v) is 13.0. The number of carbonyl (C=O) groups excluding carboxylic acids is 4. The largest absolute Gasteiger partial charge is 2.00 e. The SMILES string of the molecule is CCCCCCCCCC(=O)[O-].CCCCCCCCCC(=O)[O-].CCCCCCCCCC(=O)[O-].CCCCCCCCCC(=O)[O-].[Sr+2].[Sr+2]. The van der Waals surface area contributed by atoms with E-state index in [-0.39, 0.29) is 117 Å². The van der Waals surface area contributed by atoms with Gasteiger partial charge in [0, 0.05) is 23.9 Å². The third kappa shape index (κ3) is 82.4. The van der Waals surface area contributed by atoms with E-state index < -0.39 is 23.9 Å². The molecule has 0 aliphatic heterocycles. The molecular formula is C40H76O8Sr2. The molecule has 0 atom stereocenters. The average molecular weight is 860 g/mol. The summed E-state index contributed by atoms with van der Waals surface area (Å²) in [6.07, 6.45) is 33.4. The van der Waals surface area contributed by atoms with Crippen molar-refractivity contribution in [2.24, 2.45) is 0 Å². The van der Waals surface area contributed by atoms with Crippen LogP contribution in [0.15, 0.2) is 0 Å². The minimum absolute atomic E-state index is 0. The first-order valence-electron chi connectivity index (χ1n) is 19.9. The Hall–Kier alpha value is 0.841. The summed E-state index contributed by atoms with van der Waals surface area (Å²) in [5, 5.41) is 40.1. The maximum Gasteiger partial charge on any atom is 2.00 e. The van der Waals surface area contributed by atoms with Gasteiger partial charge in [-0.25, -0.2) is 0 Å². The van der Waals surface area contributed by atoms with Gasteiger partial charge in [-0.3, -0.25) is 0 Å². The van der Waals surface area contributed by atoms with Crippen molar-refractivity contribution in [1.29, 1.82) is 0 Å². The Kier molecular flexibility index (Phi) is 74.3. The van der Waals surface area contributed by atoms with Gasteiger partial charge in [0.15, 0.2) is 0 Å². The number of carboxylic acid groups (broad SMARTS) is 4. The van der Waals surface area contributed by atoms with Crippen LogP contribution in [0.2, 0.25) is 0 Å². The predicted octanol–water partition coefficient (Wildman–Crippen LogP) is 6.75. The molecule has 0 unspecified atom stereocenters. The van der Waals surface area contributed by atoms with Gasteiger partial charge in [-0.1, -0.05) is 182 Å². The van der Waals surface area contributed by atoms with Gasteiger partial charge in [0.25, 0.3) is 0 Å². The molecule has 0 aromatic rings. The number of aliphatic carboxylic acids is 4. The number of hydrogen-bond donors (Lipinski definition) is 0. The smallest absolute Gasteiger partial charge is 0.550 e. The van der Waals surface area contributed by atoms with Crippen LogP contribution in [0.3, 0.4) is 0 Å². The molecule has 288 valence electrons. The first-order chi connectivity index (χ1) is 23.1. The standard InChI is InChI=1S/4C10H20O2.2Sr/c4*1-2-3-4-5-6-7-8-9-10(11)12;;/h4*2-9H2,1H3,(H,11,12);;/q;;;;2*+2/p-4. The summed E-state index contributed by atoms with van der Waals surface area (Å²) in [5.41, 5.74) is 0. The number of unbranched alkanes of at least 4 members (excludes halogenated alkanes) is 24. The minimum Gasteiger partial charge on any atom is -0.550 e. The van der Waals surface area contributed by atoms with Crippen LogP contribution in [-0.4, -0.2) is 115 Å². The molecular weight excluding hydrogens is 784 g/mol. The topological polar surface area (TPSA) is 161 Å². The molecule has 0 heterocycles. The summed E-state index contributed by atoms with van der Waals surface area (Å²) in [6.45, 7) is 8.76. The van der Waals surface area contributed by atoms with E-state index in [9.17, 15) is 39.6 Å². The van der Waals surface area contributed by atoms with Crippen molar-refractivity contribution >= 4 is 115 Å². The van der Waals surface area contributed by atoms with Gasteiger partial charge < -0.3 is 39.6 Å². The summed E-state index contributed by atoms with van der Waals surface area (Å²) < 4.78 is 0. The minimum atomic E-state index is -0.913. The van der Waals surface area contributed by atoms with E-state index in [1.54, 1.807) is 0 Å². The predicted molar refractivity (Wildman–Crippen MR) is 202 cm³/mol. The maximum absolute atomic E-state index is 10.0. The van der Waals surface area contributed by atoms with Crippen LogP contribution in [0, 0.1) is 0 Å². The second kappa shape index (κ2) is 59.1. The van der Waals surface area contributed by atoms with Gasteiger partial charge in [0.05, 0.1) is 0 Å². The normalized spacial score (nSPS) is 9.68. The second-order valence-electron chi connectivity index (χ2n) is 13.0. The van der Waals surface area contributed by atoms with Gasteiger partial charge in [-0.05, 0) is 51.4 Å². The van der Waals surface area contributed by atoms with Gasteiger partial charge in [-0.2, -0.15) is 0 Å². The molecule has 0 rings (SSSR count). The molecule has 8 nitrogen and oxygen atoms in total. The van der Waals surface area contributed by atoms with E-state index in [4.69, 9.17) is 0 Å². The molecule has 10 heteroatoms. The first kappa shape index (κ1) is 62.8. The summed E-state index contributed by atoms with van der Waals surface area (Å²) >= 11 is 0. The zero-order valence-corrected chi connectivity index (χ0v) is 40.3. The third-order valence-corrected chi connectivity index (χ3v) is 7.94. The Balaban J connectivity index is -0.000000127. The van der Waals surface area contributed by atoms with E-state index in [0.717, 1.165) is 51.4 Å². The maximum atomic E-state index is 10.0. The molecule has 0 aliphatic carbocycles. The van der Waals surface area contributed by atoms with E-state index in [1.807, 2.05) is 0 Å². The van der Waals surface area contributed by atoms with Crippen LogP contribution in [0.5, 0.6) is 0 Å². The van der Waals surface area contributed by atoms with Crippen molar-refractivity contribution in [3.05, 3.63) is 0 Å². The summed E-state index contributed by atoms with van der Waals surface area (Å²) in [4.78, 5) is 40.1. The van der Waals surface area contributed by atoms with Crippen molar-refractivity contribution in [2.75, 3.05) is 0 Å². The van der Waals surface area contributed by atoms with Gasteiger partial charge >= 0.3 is 91.0 Å². The zero-order chi connectivity index (χ0) is 36.9. The molecule has 0 spiro atoms. The molecule has 0 aliphatic rings. The number of carbonyl (C=O) groups is 4. The summed E-state index contributed by atoms with van der Waals surface area (Å²) in [5.74, 6) is -3.65. The number of hydrogen-bond acceptors (Lipinski definition) is 8. The first-order valence-corrected chi connectivity index (χ1v) is 19.9. The fourth-order valence-electron chi connectivity index (χ4n) is 4.91. The summed E-state index contributed by atoms with van der Waals surface area (Å²) in [7, 11) is 0. The van der Waals surface area contributed by atoms with Crippen LogP contribution in [0.4, 0.5) is 0 Å². The Labute approximate surface area is 383 Å². The van der Waals surface area contributed by atoms with E-state index in [0.29, 0.717) is 0 Å². The van der Waals surface area contributed by atoms with Crippen LogP contribution in [0.1, 0.15) is 233 Å². The van der Waals surface area contributed by atoms with E-state index >= 15 is 0 Å². The molecule has 0 aromatic carbocycles. The fourth-order valence-corrected chi connectivity index (χ4v) is 4.91. The number of rotatable bonds is 32. The monoisotopic (exact) mass is 860 g/mol. The molecule has 0 radical (unpaired) electrons. The summed E-state index contributed by atoms with van der Waals surface area (Å²) in [6, 6.07) is 0. The van der Waals surface area contributed by atoms with E-state index in [1.165, 1.54) is 128 Å². The van der Waals surface area contributed by atoms with Crippen molar-refractivity contribution in [2.45, 2.75) is 233 Å². The quantitative estimate of drug-likeness (QED) is 0.0531. The third-order valence-electron chi connectivity index (χ3n) is 7.94. The van der Waals surface area contributed by atoms with Crippen molar-refractivity contribution < 1.29 is 39.6 Å². The molecule has 0 saturated carbocycles. The van der Waals surface area contributed by atoms with Crippen molar-refractivity contribution in [3.63, 3.8) is 0 Å². The zero-order valence-electron chi connectivity index (χ0n) is 33.3. The Morgan fingerprint density at radius 3 is 0.500 bits per heavy atom. The molecule has 0 aromatic heterocycles. The van der Waals surface area contributed by atoms with Crippen molar-refractivity contribution in [3.8, 4) is 0 Å².